The zero-order valence-electron chi connectivity index (χ0n) is 9.94. The Morgan fingerprint density at radius 1 is 1.21 bits per heavy atom. The van der Waals surface area contributed by atoms with Crippen LogP contribution in [0.5, 0.6) is 5.75 Å². The summed E-state index contributed by atoms with van der Waals surface area (Å²) in [6, 6.07) is 0.0533. The minimum atomic E-state index is -1.68. The topological polar surface area (TPSA) is 35.5 Å². The van der Waals surface area contributed by atoms with Crippen LogP contribution in [0.25, 0.3) is 0 Å². The van der Waals surface area contributed by atoms with Gasteiger partial charge < -0.3 is 9.47 Å². The van der Waals surface area contributed by atoms with Gasteiger partial charge in [-0.1, -0.05) is 6.58 Å². The molecule has 1 aromatic rings. The number of esters is 1. The standard InChI is InChI=1S/C12H10F4O3/c1-3-18-12(17)6(2)5-19-11-9(15)7(13)4-8(14)10(11)16/h4H,2-3,5H2,1H3. The number of benzene rings is 1. The van der Waals surface area contributed by atoms with Crippen molar-refractivity contribution in [2.75, 3.05) is 13.2 Å². The Morgan fingerprint density at radius 3 is 2.21 bits per heavy atom. The molecule has 104 valence electrons. The SMILES string of the molecule is C=C(COc1c(F)c(F)cc(F)c1F)C(=O)OCC. The number of hydrogen-bond donors (Lipinski definition) is 0. The first-order valence-corrected chi connectivity index (χ1v) is 5.19. The third-order valence-corrected chi connectivity index (χ3v) is 2.03. The first-order chi connectivity index (χ1) is 8.88. The molecule has 0 saturated carbocycles. The normalized spacial score (nSPS) is 10.2. The second-order valence-corrected chi connectivity index (χ2v) is 3.41. The molecular weight excluding hydrogens is 268 g/mol. The second-order valence-electron chi connectivity index (χ2n) is 3.41. The van der Waals surface area contributed by atoms with E-state index in [1.165, 1.54) is 0 Å². The monoisotopic (exact) mass is 278 g/mol. The van der Waals surface area contributed by atoms with E-state index < -0.39 is 41.6 Å². The van der Waals surface area contributed by atoms with Crippen LogP contribution in [0.2, 0.25) is 0 Å². The van der Waals surface area contributed by atoms with Gasteiger partial charge in [-0.2, -0.15) is 8.78 Å². The van der Waals surface area contributed by atoms with Crippen molar-refractivity contribution in [3.8, 4) is 5.75 Å². The van der Waals surface area contributed by atoms with E-state index in [1.54, 1.807) is 6.92 Å². The van der Waals surface area contributed by atoms with Gasteiger partial charge in [-0.3, -0.25) is 0 Å². The van der Waals surface area contributed by atoms with E-state index in [2.05, 4.69) is 16.1 Å². The highest BCUT2D eigenvalue weighted by atomic mass is 19.2. The molecule has 3 nitrogen and oxygen atoms in total. The highest BCUT2D eigenvalue weighted by Crippen LogP contribution is 2.26. The average molecular weight is 278 g/mol. The van der Waals surface area contributed by atoms with Crippen LogP contribution < -0.4 is 4.74 Å². The molecule has 0 aromatic heterocycles. The summed E-state index contributed by atoms with van der Waals surface area (Å²) in [6.45, 7) is 4.23. The van der Waals surface area contributed by atoms with Gasteiger partial charge in [0.05, 0.1) is 12.2 Å². The maximum absolute atomic E-state index is 13.2. The molecule has 19 heavy (non-hydrogen) atoms. The van der Waals surface area contributed by atoms with E-state index in [4.69, 9.17) is 0 Å². The second kappa shape index (κ2) is 6.21. The summed E-state index contributed by atoms with van der Waals surface area (Å²) < 4.78 is 61.1. The molecular formula is C12H10F4O3. The van der Waals surface area contributed by atoms with Gasteiger partial charge in [0.1, 0.15) is 6.61 Å². The molecule has 0 aliphatic heterocycles. The third-order valence-electron chi connectivity index (χ3n) is 2.03. The summed E-state index contributed by atoms with van der Waals surface area (Å²) >= 11 is 0. The molecule has 1 rings (SSSR count). The van der Waals surface area contributed by atoms with E-state index in [0.29, 0.717) is 0 Å². The van der Waals surface area contributed by atoms with Crippen molar-refractivity contribution in [2.24, 2.45) is 0 Å². The Bertz CT molecular complexity index is 488. The van der Waals surface area contributed by atoms with E-state index in [-0.39, 0.29) is 18.2 Å². The molecule has 0 aliphatic carbocycles. The molecule has 0 N–H and O–H groups in total. The molecule has 0 aliphatic rings. The van der Waals surface area contributed by atoms with Crippen molar-refractivity contribution in [1.82, 2.24) is 0 Å². The van der Waals surface area contributed by atoms with Gasteiger partial charge in [0, 0.05) is 6.07 Å². The van der Waals surface area contributed by atoms with Crippen LogP contribution in [-0.2, 0) is 9.53 Å². The lowest BCUT2D eigenvalue weighted by Gasteiger charge is -2.10. The Balaban J connectivity index is 2.84. The summed E-state index contributed by atoms with van der Waals surface area (Å²) in [5.74, 6) is -8.65. The Morgan fingerprint density at radius 2 is 1.74 bits per heavy atom. The minimum absolute atomic E-state index is 0.0533. The predicted molar refractivity (Wildman–Crippen MR) is 57.5 cm³/mol. The quantitative estimate of drug-likeness (QED) is 0.359. The number of rotatable bonds is 5. The van der Waals surface area contributed by atoms with Crippen LogP contribution in [-0.4, -0.2) is 19.2 Å². The third kappa shape index (κ3) is 3.46. The smallest absolute Gasteiger partial charge is 0.336 e. The van der Waals surface area contributed by atoms with Crippen LogP contribution in [0.15, 0.2) is 18.2 Å². The summed E-state index contributed by atoms with van der Waals surface area (Å²) in [6.07, 6.45) is 0. The van der Waals surface area contributed by atoms with E-state index >= 15 is 0 Å². The largest absolute Gasteiger partial charge is 0.482 e. The van der Waals surface area contributed by atoms with Crippen molar-refractivity contribution in [3.05, 3.63) is 41.5 Å². The zero-order valence-corrected chi connectivity index (χ0v) is 9.94. The molecule has 7 heteroatoms. The van der Waals surface area contributed by atoms with Crippen LogP contribution in [0.4, 0.5) is 17.6 Å². The van der Waals surface area contributed by atoms with Crippen LogP contribution in [0, 0.1) is 23.3 Å². The summed E-state index contributed by atoms with van der Waals surface area (Å²) in [7, 11) is 0. The molecule has 0 amide bonds. The van der Waals surface area contributed by atoms with Crippen LogP contribution in [0.1, 0.15) is 6.92 Å². The van der Waals surface area contributed by atoms with Crippen molar-refractivity contribution in [2.45, 2.75) is 6.92 Å². The lowest BCUT2D eigenvalue weighted by Crippen LogP contribution is -2.14. The molecule has 0 radical (unpaired) electrons. The van der Waals surface area contributed by atoms with Gasteiger partial charge in [-0.15, -0.1) is 0 Å². The van der Waals surface area contributed by atoms with Gasteiger partial charge in [0.2, 0.25) is 11.6 Å². The Hall–Kier alpha value is -2.05. The molecule has 0 spiro atoms. The predicted octanol–water partition coefficient (Wildman–Crippen LogP) is 2.74. The van der Waals surface area contributed by atoms with Crippen LogP contribution >= 0.6 is 0 Å². The van der Waals surface area contributed by atoms with Gasteiger partial charge in [0.15, 0.2) is 17.4 Å². The van der Waals surface area contributed by atoms with E-state index in [9.17, 15) is 22.4 Å². The van der Waals surface area contributed by atoms with Crippen molar-refractivity contribution in [3.63, 3.8) is 0 Å². The molecule has 0 bridgehead atoms. The molecule has 0 unspecified atom stereocenters. The van der Waals surface area contributed by atoms with Crippen molar-refractivity contribution in [1.29, 1.82) is 0 Å². The van der Waals surface area contributed by atoms with E-state index in [0.717, 1.165) is 0 Å². The Labute approximate surface area is 106 Å². The first kappa shape index (κ1) is 15.0. The highest BCUT2D eigenvalue weighted by molar-refractivity contribution is 5.88. The van der Waals surface area contributed by atoms with Gasteiger partial charge in [-0.05, 0) is 6.92 Å². The van der Waals surface area contributed by atoms with Gasteiger partial charge in [-0.25, -0.2) is 13.6 Å². The maximum atomic E-state index is 13.2. The maximum Gasteiger partial charge on any atom is 0.336 e. The molecule has 0 fully saturated rings. The minimum Gasteiger partial charge on any atom is -0.482 e. The molecule has 0 saturated heterocycles. The lowest BCUT2D eigenvalue weighted by atomic mass is 10.3. The fraction of sp³-hybridized carbons (Fsp3) is 0.250. The molecule has 0 atom stereocenters. The molecule has 0 heterocycles. The fourth-order valence-electron chi connectivity index (χ4n) is 1.13. The summed E-state index contributed by atoms with van der Waals surface area (Å²) in [5.41, 5.74) is -0.245. The zero-order chi connectivity index (χ0) is 14.6. The highest BCUT2D eigenvalue weighted by Gasteiger charge is 2.21. The molecule has 1 aromatic carbocycles. The van der Waals surface area contributed by atoms with Crippen molar-refractivity contribution < 1.29 is 31.8 Å². The Kier molecular flexibility index (Phi) is 4.91. The number of carbonyl (C=O) groups excluding carboxylic acids is 1. The van der Waals surface area contributed by atoms with Crippen LogP contribution in [0.3, 0.4) is 0 Å². The number of carbonyl (C=O) groups is 1. The van der Waals surface area contributed by atoms with Crippen molar-refractivity contribution >= 4 is 5.97 Å². The van der Waals surface area contributed by atoms with Gasteiger partial charge >= 0.3 is 5.97 Å². The van der Waals surface area contributed by atoms with Gasteiger partial charge in [0.25, 0.3) is 0 Å². The number of hydrogen-bond acceptors (Lipinski definition) is 3. The number of halogens is 4. The lowest BCUT2D eigenvalue weighted by molar-refractivity contribution is -0.138. The average Bonchev–Trinajstić information content (AvgIpc) is 2.36. The fourth-order valence-corrected chi connectivity index (χ4v) is 1.13. The number of ether oxygens (including phenoxy) is 2. The van der Waals surface area contributed by atoms with E-state index in [1.807, 2.05) is 0 Å². The summed E-state index contributed by atoms with van der Waals surface area (Å²) in [4.78, 5) is 11.1. The summed E-state index contributed by atoms with van der Waals surface area (Å²) in [5, 5.41) is 0. The first-order valence-electron chi connectivity index (χ1n) is 5.19.